The zero-order chi connectivity index (χ0) is 9.84. The van der Waals surface area contributed by atoms with Crippen molar-refractivity contribution in [1.82, 2.24) is 0 Å². The zero-order valence-corrected chi connectivity index (χ0v) is 8.50. The normalized spacial score (nSPS) is 29.9. The molecule has 13 heavy (non-hydrogen) atoms. The molecule has 3 unspecified atom stereocenters. The molecule has 0 radical (unpaired) electrons. The van der Waals surface area contributed by atoms with Crippen molar-refractivity contribution in [3.63, 3.8) is 0 Å². The molecular formula is C9H15ClN2O. The first-order valence-electron chi connectivity index (χ1n) is 4.61. The Labute approximate surface area is 83.4 Å². The third kappa shape index (κ3) is 3.08. The van der Waals surface area contributed by atoms with E-state index >= 15 is 0 Å². The minimum absolute atomic E-state index is 0.283. The monoisotopic (exact) mass is 202 g/mol. The summed E-state index contributed by atoms with van der Waals surface area (Å²) in [5, 5.41) is 0. The van der Waals surface area contributed by atoms with Crippen LogP contribution >= 0.6 is 11.6 Å². The molecule has 3 nitrogen and oxygen atoms in total. The second-order valence-electron chi connectivity index (χ2n) is 3.43. The van der Waals surface area contributed by atoms with Gasteiger partial charge in [-0.25, -0.2) is 0 Å². The number of aldehydes is 1. The van der Waals surface area contributed by atoms with Crippen LogP contribution in [0, 0.1) is 5.92 Å². The fraction of sp³-hybridized carbons (Fsp3) is 0.778. The Kier molecular flexibility index (Phi) is 3.88. The molecule has 0 amide bonds. The molecule has 1 aliphatic rings. The van der Waals surface area contributed by atoms with Crippen molar-refractivity contribution in [1.29, 1.82) is 0 Å². The molecule has 0 saturated heterocycles. The highest BCUT2D eigenvalue weighted by atomic mass is 35.5. The van der Waals surface area contributed by atoms with Crippen molar-refractivity contribution in [2.24, 2.45) is 16.6 Å². The van der Waals surface area contributed by atoms with Gasteiger partial charge >= 0.3 is 0 Å². The first kappa shape index (κ1) is 10.7. The van der Waals surface area contributed by atoms with E-state index in [2.05, 4.69) is 11.9 Å². The van der Waals surface area contributed by atoms with Crippen LogP contribution in [0.4, 0.5) is 0 Å². The maximum atomic E-state index is 10.5. The average molecular weight is 203 g/mol. The van der Waals surface area contributed by atoms with Gasteiger partial charge < -0.3 is 5.73 Å². The number of aliphatic imine (C=N–C) groups is 1. The molecule has 1 rings (SSSR count). The summed E-state index contributed by atoms with van der Waals surface area (Å²) < 4.78 is 0. The lowest BCUT2D eigenvalue weighted by Gasteiger charge is -2.00. The van der Waals surface area contributed by atoms with Crippen molar-refractivity contribution >= 4 is 23.6 Å². The van der Waals surface area contributed by atoms with Gasteiger partial charge in [0, 0.05) is 0 Å². The van der Waals surface area contributed by atoms with Crippen molar-refractivity contribution in [2.75, 3.05) is 0 Å². The van der Waals surface area contributed by atoms with Gasteiger partial charge in [-0.1, -0.05) is 24.9 Å². The average Bonchev–Trinajstić information content (AvgIpc) is 2.79. The number of alkyl halides is 1. The number of nitrogens with two attached hydrogens (primary N) is 1. The van der Waals surface area contributed by atoms with Gasteiger partial charge in [-0.15, -0.1) is 0 Å². The molecule has 3 atom stereocenters. The van der Waals surface area contributed by atoms with E-state index in [1.54, 1.807) is 0 Å². The van der Waals surface area contributed by atoms with Gasteiger partial charge in [0.2, 0.25) is 0 Å². The number of carbonyl (C=O) groups excluding carboxylic acids is 1. The van der Waals surface area contributed by atoms with Crippen LogP contribution in [-0.4, -0.2) is 23.5 Å². The Balaban J connectivity index is 2.42. The Morgan fingerprint density at radius 2 is 2.54 bits per heavy atom. The summed E-state index contributed by atoms with van der Waals surface area (Å²) >= 11 is 5.56. The molecule has 1 fully saturated rings. The molecule has 0 heterocycles. The van der Waals surface area contributed by atoms with Gasteiger partial charge in [0.1, 0.15) is 11.2 Å². The number of hydrogen-bond donors (Lipinski definition) is 1. The lowest BCUT2D eigenvalue weighted by molar-refractivity contribution is -0.102. The standard InChI is InChI=1S/C9H15ClN2O/c1-2-3-6-4-7(6)12-8(5-13)9(10)11/h5-7,9H,2-4,11H2,1H3. The summed E-state index contributed by atoms with van der Waals surface area (Å²) in [6.45, 7) is 2.15. The minimum Gasteiger partial charge on any atom is -0.310 e. The van der Waals surface area contributed by atoms with Gasteiger partial charge in [0.05, 0.1) is 6.04 Å². The maximum Gasteiger partial charge on any atom is 0.166 e. The third-order valence-electron chi connectivity index (χ3n) is 2.26. The summed E-state index contributed by atoms with van der Waals surface area (Å²) in [4.78, 5) is 14.7. The summed E-state index contributed by atoms with van der Waals surface area (Å²) in [7, 11) is 0. The largest absolute Gasteiger partial charge is 0.310 e. The van der Waals surface area contributed by atoms with E-state index in [0.717, 1.165) is 6.42 Å². The number of carbonyl (C=O) groups is 1. The zero-order valence-electron chi connectivity index (χ0n) is 7.74. The topological polar surface area (TPSA) is 55.5 Å². The van der Waals surface area contributed by atoms with Crippen LogP contribution in [0.1, 0.15) is 26.2 Å². The molecule has 2 N–H and O–H groups in total. The predicted octanol–water partition coefficient (Wildman–Crippen LogP) is 1.34. The van der Waals surface area contributed by atoms with Gasteiger partial charge in [-0.2, -0.15) is 0 Å². The lowest BCUT2D eigenvalue weighted by Crippen LogP contribution is -2.25. The van der Waals surface area contributed by atoms with Crippen molar-refractivity contribution in [3.8, 4) is 0 Å². The Morgan fingerprint density at radius 3 is 3.00 bits per heavy atom. The quantitative estimate of drug-likeness (QED) is 0.317. The van der Waals surface area contributed by atoms with E-state index in [4.69, 9.17) is 17.3 Å². The first-order chi connectivity index (χ1) is 6.19. The van der Waals surface area contributed by atoms with Crippen LogP contribution in [-0.2, 0) is 4.79 Å². The molecule has 0 bridgehead atoms. The van der Waals surface area contributed by atoms with Crippen LogP contribution in [0.25, 0.3) is 0 Å². The number of hydrogen-bond acceptors (Lipinski definition) is 3. The molecule has 0 aliphatic heterocycles. The van der Waals surface area contributed by atoms with Crippen molar-refractivity contribution in [2.45, 2.75) is 37.7 Å². The van der Waals surface area contributed by atoms with E-state index in [9.17, 15) is 4.79 Å². The van der Waals surface area contributed by atoms with E-state index in [1.165, 1.54) is 12.8 Å². The van der Waals surface area contributed by atoms with E-state index < -0.39 is 5.50 Å². The second-order valence-corrected chi connectivity index (χ2v) is 3.90. The fourth-order valence-electron chi connectivity index (χ4n) is 1.43. The first-order valence-corrected chi connectivity index (χ1v) is 5.05. The molecule has 1 saturated carbocycles. The van der Waals surface area contributed by atoms with E-state index in [0.29, 0.717) is 18.2 Å². The van der Waals surface area contributed by atoms with Crippen LogP contribution in [0.2, 0.25) is 0 Å². The van der Waals surface area contributed by atoms with Gasteiger partial charge in [-0.05, 0) is 18.8 Å². The van der Waals surface area contributed by atoms with E-state index in [1.807, 2.05) is 0 Å². The summed E-state index contributed by atoms with van der Waals surface area (Å²) in [6, 6.07) is 0.296. The van der Waals surface area contributed by atoms with Gasteiger partial charge in [-0.3, -0.25) is 9.79 Å². The van der Waals surface area contributed by atoms with Crippen LogP contribution in [0.15, 0.2) is 4.99 Å². The Morgan fingerprint density at radius 1 is 1.85 bits per heavy atom. The van der Waals surface area contributed by atoms with Gasteiger partial charge in [0.15, 0.2) is 6.29 Å². The van der Waals surface area contributed by atoms with Crippen molar-refractivity contribution in [3.05, 3.63) is 0 Å². The predicted molar refractivity (Wildman–Crippen MR) is 54.1 cm³/mol. The third-order valence-corrected chi connectivity index (χ3v) is 2.49. The summed E-state index contributed by atoms with van der Waals surface area (Å²) in [5.41, 5.74) is 4.88. The summed E-state index contributed by atoms with van der Waals surface area (Å²) in [6.07, 6.45) is 4.08. The van der Waals surface area contributed by atoms with Gasteiger partial charge in [0.25, 0.3) is 0 Å². The SMILES string of the molecule is CCCC1CC1N=C(C=O)C(N)Cl. The molecule has 0 aromatic rings. The molecule has 4 heteroatoms. The highest BCUT2D eigenvalue weighted by molar-refractivity contribution is 6.44. The molecular weight excluding hydrogens is 188 g/mol. The maximum absolute atomic E-state index is 10.5. The second kappa shape index (κ2) is 4.72. The highest BCUT2D eigenvalue weighted by Crippen LogP contribution is 2.37. The molecule has 74 valence electrons. The number of rotatable bonds is 5. The molecule has 0 aromatic carbocycles. The van der Waals surface area contributed by atoms with Crippen LogP contribution < -0.4 is 5.73 Å². The fourth-order valence-corrected chi connectivity index (χ4v) is 1.54. The smallest absolute Gasteiger partial charge is 0.166 e. The minimum atomic E-state index is -0.750. The lowest BCUT2D eigenvalue weighted by atomic mass is 10.2. The van der Waals surface area contributed by atoms with E-state index in [-0.39, 0.29) is 5.71 Å². The van der Waals surface area contributed by atoms with Crippen LogP contribution in [0.5, 0.6) is 0 Å². The molecule has 0 spiro atoms. The molecule has 1 aliphatic carbocycles. The van der Waals surface area contributed by atoms with Crippen LogP contribution in [0.3, 0.4) is 0 Å². The van der Waals surface area contributed by atoms with Crippen molar-refractivity contribution < 1.29 is 4.79 Å². The number of nitrogens with zero attached hydrogens (tertiary/aromatic N) is 1. The molecule has 0 aromatic heterocycles. The highest BCUT2D eigenvalue weighted by Gasteiger charge is 2.36. The Hall–Kier alpha value is -0.410. The Bertz CT molecular complexity index is 216. The summed E-state index contributed by atoms with van der Waals surface area (Å²) in [5.74, 6) is 0.648. The number of halogens is 1.